The number of aromatic nitrogens is 4. The molecule has 0 unspecified atom stereocenters. The summed E-state index contributed by atoms with van der Waals surface area (Å²) >= 11 is 1.27. The number of rotatable bonds is 3. The normalized spacial score (nSPS) is 24.1. The lowest BCUT2D eigenvalue weighted by Gasteiger charge is -2.27. The van der Waals surface area contributed by atoms with Crippen LogP contribution in [0, 0.1) is 12.8 Å². The number of hydrogen-bond acceptors (Lipinski definition) is 6. The van der Waals surface area contributed by atoms with Crippen molar-refractivity contribution in [3.63, 3.8) is 0 Å². The number of aryl methyl sites for hydroxylation is 1. The number of fused-ring (bicyclic) bond motifs is 1. The number of amides is 1. The van der Waals surface area contributed by atoms with Crippen LogP contribution in [-0.2, 0) is 16.1 Å². The third-order valence-electron chi connectivity index (χ3n) is 5.05. The zero-order valence-corrected chi connectivity index (χ0v) is 15.4. The summed E-state index contributed by atoms with van der Waals surface area (Å²) in [5.41, 5.74) is 1.01. The van der Waals surface area contributed by atoms with E-state index in [4.69, 9.17) is 4.74 Å². The molecule has 2 aromatic rings. The van der Waals surface area contributed by atoms with Gasteiger partial charge in [0.15, 0.2) is 0 Å². The van der Waals surface area contributed by atoms with Gasteiger partial charge in [0.25, 0.3) is 0 Å². The Balaban J connectivity index is 1.41. The summed E-state index contributed by atoms with van der Waals surface area (Å²) in [5.74, 6) is 2.52. The molecule has 134 valence electrons. The minimum absolute atomic E-state index is 0.0264. The number of carbonyl (C=O) groups is 1. The summed E-state index contributed by atoms with van der Waals surface area (Å²) in [5, 5.41) is 3.57. The van der Waals surface area contributed by atoms with E-state index in [1.807, 2.05) is 13.1 Å². The Morgan fingerprint density at radius 3 is 2.96 bits per heavy atom. The van der Waals surface area contributed by atoms with E-state index in [1.54, 1.807) is 0 Å². The molecule has 25 heavy (non-hydrogen) atoms. The summed E-state index contributed by atoms with van der Waals surface area (Å²) in [6.45, 7) is 6.33. The molecule has 2 aliphatic rings. The fourth-order valence-corrected chi connectivity index (χ4v) is 4.40. The zero-order chi connectivity index (χ0) is 17.4. The molecular formula is C17H23N5O2S. The van der Waals surface area contributed by atoms with Crippen molar-refractivity contribution in [1.29, 1.82) is 0 Å². The van der Waals surface area contributed by atoms with Crippen molar-refractivity contribution in [3.05, 3.63) is 23.5 Å². The predicted octanol–water partition coefficient (Wildman–Crippen LogP) is 2.70. The van der Waals surface area contributed by atoms with E-state index < -0.39 is 0 Å². The van der Waals surface area contributed by atoms with E-state index in [1.165, 1.54) is 11.5 Å². The predicted molar refractivity (Wildman–Crippen MR) is 94.8 cm³/mol. The van der Waals surface area contributed by atoms with E-state index in [-0.39, 0.29) is 17.7 Å². The molecule has 1 saturated heterocycles. The number of ether oxygens (including phenoxy) is 1. The minimum atomic E-state index is -0.0634. The van der Waals surface area contributed by atoms with Crippen molar-refractivity contribution in [2.45, 2.75) is 51.5 Å². The lowest BCUT2D eigenvalue weighted by Crippen LogP contribution is -2.32. The molecule has 4 heterocycles. The maximum absolute atomic E-state index is 12.7. The van der Waals surface area contributed by atoms with E-state index in [2.05, 4.69) is 31.1 Å². The molecule has 2 aliphatic heterocycles. The first-order valence-corrected chi connectivity index (χ1v) is 9.63. The quantitative estimate of drug-likeness (QED) is 0.909. The molecular weight excluding hydrogens is 338 g/mol. The van der Waals surface area contributed by atoms with Crippen LogP contribution in [0.2, 0.25) is 0 Å². The van der Waals surface area contributed by atoms with Crippen LogP contribution in [-0.4, -0.2) is 38.0 Å². The molecule has 0 bridgehead atoms. The summed E-state index contributed by atoms with van der Waals surface area (Å²) < 4.78 is 11.9. The van der Waals surface area contributed by atoms with Crippen molar-refractivity contribution >= 4 is 22.6 Å². The zero-order valence-electron chi connectivity index (χ0n) is 14.6. The molecule has 2 aromatic heterocycles. The fourth-order valence-electron chi connectivity index (χ4n) is 3.75. The Bertz CT molecular complexity index is 765. The van der Waals surface area contributed by atoms with Gasteiger partial charge in [0.2, 0.25) is 11.0 Å². The molecule has 0 aromatic carbocycles. The lowest BCUT2D eigenvalue weighted by molar-refractivity contribution is -0.121. The largest absolute Gasteiger partial charge is 0.381 e. The molecule has 0 saturated carbocycles. The summed E-state index contributed by atoms with van der Waals surface area (Å²) in [6, 6.07) is 0. The topological polar surface area (TPSA) is 81.9 Å². The van der Waals surface area contributed by atoms with Crippen LogP contribution in [0.1, 0.15) is 55.4 Å². The summed E-state index contributed by atoms with van der Waals surface area (Å²) in [6.07, 6.45) is 4.74. The van der Waals surface area contributed by atoms with Crippen molar-refractivity contribution in [2.75, 3.05) is 18.5 Å². The van der Waals surface area contributed by atoms with E-state index in [0.717, 1.165) is 49.8 Å². The first-order chi connectivity index (χ1) is 12.1. The molecule has 1 N–H and O–H groups in total. The van der Waals surface area contributed by atoms with E-state index >= 15 is 0 Å². The first-order valence-electron chi connectivity index (χ1n) is 8.86. The standard InChI is InChI=1S/C17H23N5O2S/c1-10-7-13(9-22-8-11(2)18-15(10)22)16(23)20-17-19-14(21-25-17)12-3-5-24-6-4-12/h8,10,12-13H,3-7,9H2,1-2H3,(H,19,20,21,23)/t10-,13+/m1/s1. The lowest BCUT2D eigenvalue weighted by atomic mass is 9.91. The molecule has 1 amide bonds. The third kappa shape index (κ3) is 3.46. The second-order valence-corrected chi connectivity index (χ2v) is 7.81. The van der Waals surface area contributed by atoms with Gasteiger partial charge < -0.3 is 14.6 Å². The number of anilines is 1. The Labute approximate surface area is 151 Å². The highest BCUT2D eigenvalue weighted by Crippen LogP contribution is 2.31. The number of hydrogen-bond donors (Lipinski definition) is 1. The Hall–Kier alpha value is -1.80. The van der Waals surface area contributed by atoms with Crippen LogP contribution >= 0.6 is 11.5 Å². The van der Waals surface area contributed by atoms with Gasteiger partial charge in [-0.05, 0) is 26.2 Å². The molecule has 8 heteroatoms. The fraction of sp³-hybridized carbons (Fsp3) is 0.647. The highest BCUT2D eigenvalue weighted by molar-refractivity contribution is 7.09. The highest BCUT2D eigenvalue weighted by Gasteiger charge is 2.31. The molecule has 2 atom stereocenters. The summed E-state index contributed by atoms with van der Waals surface area (Å²) in [7, 11) is 0. The second-order valence-electron chi connectivity index (χ2n) is 7.06. The average molecular weight is 361 g/mol. The van der Waals surface area contributed by atoms with Gasteiger partial charge in [-0.15, -0.1) is 0 Å². The molecule has 7 nitrogen and oxygen atoms in total. The number of carbonyl (C=O) groups excluding carboxylic acids is 1. The van der Waals surface area contributed by atoms with E-state index in [9.17, 15) is 4.79 Å². The van der Waals surface area contributed by atoms with Crippen LogP contribution in [0.3, 0.4) is 0 Å². The first kappa shape index (κ1) is 16.7. The van der Waals surface area contributed by atoms with Crippen LogP contribution < -0.4 is 5.32 Å². The maximum Gasteiger partial charge on any atom is 0.231 e. The van der Waals surface area contributed by atoms with Gasteiger partial charge in [0.1, 0.15) is 11.6 Å². The molecule has 0 aliphatic carbocycles. The summed E-state index contributed by atoms with van der Waals surface area (Å²) in [4.78, 5) is 21.8. The average Bonchev–Trinajstić information content (AvgIpc) is 3.22. The molecule has 4 rings (SSSR count). The molecule has 0 spiro atoms. The van der Waals surface area contributed by atoms with Gasteiger partial charge in [0, 0.05) is 49.3 Å². The van der Waals surface area contributed by atoms with Gasteiger partial charge in [-0.2, -0.15) is 4.37 Å². The van der Waals surface area contributed by atoms with Gasteiger partial charge in [-0.3, -0.25) is 4.79 Å². The number of nitrogens with one attached hydrogen (secondary N) is 1. The van der Waals surface area contributed by atoms with Gasteiger partial charge in [-0.1, -0.05) is 6.92 Å². The highest BCUT2D eigenvalue weighted by atomic mass is 32.1. The van der Waals surface area contributed by atoms with Crippen LogP contribution in [0.25, 0.3) is 0 Å². The third-order valence-corrected chi connectivity index (χ3v) is 5.70. The smallest absolute Gasteiger partial charge is 0.231 e. The Kier molecular flexibility index (Phi) is 4.56. The van der Waals surface area contributed by atoms with Crippen LogP contribution in [0.15, 0.2) is 6.20 Å². The van der Waals surface area contributed by atoms with Gasteiger partial charge in [0.05, 0.1) is 11.6 Å². The van der Waals surface area contributed by atoms with Crippen molar-refractivity contribution in [3.8, 4) is 0 Å². The number of nitrogens with zero attached hydrogens (tertiary/aromatic N) is 4. The maximum atomic E-state index is 12.7. The minimum Gasteiger partial charge on any atom is -0.381 e. The second kappa shape index (κ2) is 6.84. The van der Waals surface area contributed by atoms with E-state index in [0.29, 0.717) is 17.6 Å². The SMILES string of the molecule is Cc1cn2c(n1)[C@H](C)C[C@H](C(=O)Nc1nc(C3CCOCC3)ns1)C2. The molecule has 1 fully saturated rings. The van der Waals surface area contributed by atoms with Crippen molar-refractivity contribution < 1.29 is 9.53 Å². The van der Waals surface area contributed by atoms with Crippen LogP contribution in [0.4, 0.5) is 5.13 Å². The monoisotopic (exact) mass is 361 g/mol. The molecule has 0 radical (unpaired) electrons. The number of imidazole rings is 1. The van der Waals surface area contributed by atoms with Crippen molar-refractivity contribution in [2.24, 2.45) is 5.92 Å². The van der Waals surface area contributed by atoms with Crippen LogP contribution in [0.5, 0.6) is 0 Å². The Morgan fingerprint density at radius 1 is 1.36 bits per heavy atom. The van der Waals surface area contributed by atoms with Gasteiger partial charge >= 0.3 is 0 Å². The van der Waals surface area contributed by atoms with Crippen molar-refractivity contribution in [1.82, 2.24) is 18.9 Å². The van der Waals surface area contributed by atoms with Gasteiger partial charge in [-0.25, -0.2) is 9.97 Å². The Morgan fingerprint density at radius 2 is 2.16 bits per heavy atom.